The van der Waals surface area contributed by atoms with Crippen molar-refractivity contribution in [2.45, 2.75) is 33.2 Å². The molecule has 0 bridgehead atoms. The molecular weight excluding hydrogens is 310 g/mol. The summed E-state index contributed by atoms with van der Waals surface area (Å²) in [7, 11) is 0. The Morgan fingerprint density at radius 3 is 2.45 bits per heavy atom. The van der Waals surface area contributed by atoms with Gasteiger partial charge in [-0.25, -0.2) is 0 Å². The molecule has 2 aromatic rings. The molecule has 2 rings (SSSR count). The van der Waals surface area contributed by atoms with E-state index in [2.05, 4.69) is 84.5 Å². The zero-order chi connectivity index (χ0) is 14.5. The van der Waals surface area contributed by atoms with Crippen LogP contribution in [-0.2, 0) is 0 Å². The molecule has 0 saturated heterocycles. The molecule has 0 fully saturated rings. The maximum absolute atomic E-state index is 3.67. The average molecular weight is 332 g/mol. The summed E-state index contributed by atoms with van der Waals surface area (Å²) in [5.41, 5.74) is 5.30. The minimum atomic E-state index is 0.267. The molecule has 0 aliphatic carbocycles. The Labute approximate surface area is 130 Å². The topological polar surface area (TPSA) is 12.0 Å². The third-order valence-corrected chi connectivity index (χ3v) is 4.50. The lowest BCUT2D eigenvalue weighted by molar-refractivity contribution is 0.596. The summed E-state index contributed by atoms with van der Waals surface area (Å²) in [4.78, 5) is 0. The molecule has 20 heavy (non-hydrogen) atoms. The van der Waals surface area contributed by atoms with Gasteiger partial charge in [0, 0.05) is 4.47 Å². The summed E-state index contributed by atoms with van der Waals surface area (Å²) < 4.78 is 1.17. The molecular formula is C18H22BrN. The molecule has 0 heterocycles. The summed E-state index contributed by atoms with van der Waals surface area (Å²) >= 11 is 3.58. The summed E-state index contributed by atoms with van der Waals surface area (Å²) in [6.07, 6.45) is 1.14. The molecule has 0 amide bonds. The van der Waals surface area contributed by atoms with Crippen molar-refractivity contribution < 1.29 is 0 Å². The largest absolute Gasteiger partial charge is 0.306 e. The van der Waals surface area contributed by atoms with Crippen LogP contribution in [0, 0.1) is 13.8 Å². The Kier molecular flexibility index (Phi) is 5.38. The highest BCUT2D eigenvalue weighted by Crippen LogP contribution is 2.27. The maximum Gasteiger partial charge on any atom is 0.0579 e. The van der Waals surface area contributed by atoms with Gasteiger partial charge in [0.25, 0.3) is 0 Å². The van der Waals surface area contributed by atoms with Crippen LogP contribution in [0.15, 0.2) is 46.9 Å². The van der Waals surface area contributed by atoms with Gasteiger partial charge in [-0.15, -0.1) is 0 Å². The van der Waals surface area contributed by atoms with Crippen LogP contribution in [0.4, 0.5) is 0 Å². The quantitative estimate of drug-likeness (QED) is 0.798. The van der Waals surface area contributed by atoms with Gasteiger partial charge in [0.2, 0.25) is 0 Å². The van der Waals surface area contributed by atoms with E-state index in [9.17, 15) is 0 Å². The van der Waals surface area contributed by atoms with Gasteiger partial charge < -0.3 is 5.32 Å². The third kappa shape index (κ3) is 3.50. The fourth-order valence-corrected chi connectivity index (χ4v) is 2.70. The van der Waals surface area contributed by atoms with Crippen LogP contribution in [0.25, 0.3) is 0 Å². The highest BCUT2D eigenvalue weighted by molar-refractivity contribution is 9.10. The second-order valence-corrected chi connectivity index (χ2v) is 6.11. The normalized spacial score (nSPS) is 12.4. The van der Waals surface area contributed by atoms with Crippen molar-refractivity contribution in [3.8, 4) is 0 Å². The second-order valence-electron chi connectivity index (χ2n) is 5.25. The first-order valence-electron chi connectivity index (χ1n) is 7.18. The minimum Gasteiger partial charge on any atom is -0.306 e. The Morgan fingerprint density at radius 2 is 1.80 bits per heavy atom. The summed E-state index contributed by atoms with van der Waals surface area (Å²) in [5.74, 6) is 0. The van der Waals surface area contributed by atoms with Crippen LogP contribution >= 0.6 is 15.9 Å². The van der Waals surface area contributed by atoms with Gasteiger partial charge in [-0.3, -0.25) is 0 Å². The average Bonchev–Trinajstić information content (AvgIpc) is 2.44. The lowest BCUT2D eigenvalue weighted by Crippen LogP contribution is -2.24. The number of hydrogen-bond donors (Lipinski definition) is 1. The van der Waals surface area contributed by atoms with Crippen molar-refractivity contribution in [1.82, 2.24) is 5.32 Å². The predicted octanol–water partition coefficient (Wildman–Crippen LogP) is 5.15. The van der Waals surface area contributed by atoms with Crippen LogP contribution in [-0.4, -0.2) is 6.54 Å². The monoisotopic (exact) mass is 331 g/mol. The molecule has 0 aliphatic rings. The van der Waals surface area contributed by atoms with Gasteiger partial charge in [-0.05, 0) is 55.1 Å². The zero-order valence-corrected chi connectivity index (χ0v) is 14.0. The molecule has 2 aromatic carbocycles. The van der Waals surface area contributed by atoms with E-state index in [0.29, 0.717) is 0 Å². The number of rotatable bonds is 5. The van der Waals surface area contributed by atoms with E-state index in [1.807, 2.05) is 0 Å². The molecule has 1 unspecified atom stereocenters. The smallest absolute Gasteiger partial charge is 0.0579 e. The molecule has 1 atom stereocenters. The number of benzene rings is 2. The van der Waals surface area contributed by atoms with Gasteiger partial charge in [-0.1, -0.05) is 59.3 Å². The maximum atomic E-state index is 3.67. The van der Waals surface area contributed by atoms with Crippen molar-refractivity contribution in [2.24, 2.45) is 0 Å². The van der Waals surface area contributed by atoms with E-state index in [4.69, 9.17) is 0 Å². The molecule has 0 spiro atoms. The van der Waals surface area contributed by atoms with Crippen LogP contribution < -0.4 is 5.32 Å². The van der Waals surface area contributed by atoms with E-state index in [-0.39, 0.29) is 6.04 Å². The van der Waals surface area contributed by atoms with E-state index in [0.717, 1.165) is 13.0 Å². The molecule has 1 N–H and O–H groups in total. The summed E-state index contributed by atoms with van der Waals surface area (Å²) in [5, 5.41) is 3.67. The van der Waals surface area contributed by atoms with Crippen molar-refractivity contribution in [3.05, 3.63) is 69.2 Å². The van der Waals surface area contributed by atoms with Crippen LogP contribution in [0.2, 0.25) is 0 Å². The number of aryl methyl sites for hydroxylation is 2. The van der Waals surface area contributed by atoms with E-state index < -0.39 is 0 Å². The van der Waals surface area contributed by atoms with E-state index in [1.54, 1.807) is 0 Å². The highest BCUT2D eigenvalue weighted by Gasteiger charge is 2.15. The highest BCUT2D eigenvalue weighted by atomic mass is 79.9. The van der Waals surface area contributed by atoms with Crippen LogP contribution in [0.3, 0.4) is 0 Å². The molecule has 1 nitrogen and oxygen atoms in total. The summed E-state index contributed by atoms with van der Waals surface area (Å²) in [6, 6.07) is 15.5. The molecule has 0 saturated carbocycles. The van der Waals surface area contributed by atoms with Gasteiger partial charge in [0.05, 0.1) is 6.04 Å². The lowest BCUT2D eigenvalue weighted by Gasteiger charge is -2.22. The van der Waals surface area contributed by atoms with Crippen molar-refractivity contribution in [3.63, 3.8) is 0 Å². The molecule has 0 aromatic heterocycles. The molecule has 0 radical (unpaired) electrons. The van der Waals surface area contributed by atoms with Gasteiger partial charge in [0.15, 0.2) is 0 Å². The first-order chi connectivity index (χ1) is 9.63. The number of hydrogen-bond acceptors (Lipinski definition) is 1. The number of nitrogens with one attached hydrogen (secondary N) is 1. The van der Waals surface area contributed by atoms with E-state index >= 15 is 0 Å². The third-order valence-electron chi connectivity index (χ3n) is 3.61. The Balaban J connectivity index is 2.41. The fraction of sp³-hybridized carbons (Fsp3) is 0.333. The fourth-order valence-electron chi connectivity index (χ4n) is 2.45. The molecule has 2 heteroatoms. The Morgan fingerprint density at radius 1 is 1.05 bits per heavy atom. The summed E-state index contributed by atoms with van der Waals surface area (Å²) in [6.45, 7) is 7.55. The standard InChI is InChI=1S/C18H22BrN/c1-4-11-20-18(16-8-6-5-7-13(16)2)15-9-10-17(19)14(3)12-15/h5-10,12,18,20H,4,11H2,1-3H3. The second kappa shape index (κ2) is 7.05. The predicted molar refractivity (Wildman–Crippen MR) is 90.2 cm³/mol. The molecule has 106 valence electrons. The van der Waals surface area contributed by atoms with Crippen molar-refractivity contribution in [2.75, 3.05) is 6.54 Å². The zero-order valence-electron chi connectivity index (χ0n) is 12.4. The van der Waals surface area contributed by atoms with E-state index in [1.165, 1.54) is 26.7 Å². The van der Waals surface area contributed by atoms with Gasteiger partial charge in [-0.2, -0.15) is 0 Å². The van der Waals surface area contributed by atoms with Crippen LogP contribution in [0.1, 0.15) is 41.6 Å². The van der Waals surface area contributed by atoms with Gasteiger partial charge in [0.1, 0.15) is 0 Å². The Bertz CT molecular complexity index is 577. The van der Waals surface area contributed by atoms with Gasteiger partial charge >= 0.3 is 0 Å². The Hall–Kier alpha value is -1.12. The first kappa shape index (κ1) is 15.3. The molecule has 0 aliphatic heterocycles. The minimum absolute atomic E-state index is 0.267. The number of halogens is 1. The SMILES string of the molecule is CCCNC(c1ccc(Br)c(C)c1)c1ccccc1C. The first-order valence-corrected chi connectivity index (χ1v) is 7.97. The van der Waals surface area contributed by atoms with Crippen molar-refractivity contribution >= 4 is 15.9 Å². The lowest BCUT2D eigenvalue weighted by atomic mass is 9.94. The van der Waals surface area contributed by atoms with Crippen molar-refractivity contribution in [1.29, 1.82) is 0 Å². The van der Waals surface area contributed by atoms with Crippen LogP contribution in [0.5, 0.6) is 0 Å².